The van der Waals surface area contributed by atoms with Crippen molar-refractivity contribution in [2.75, 3.05) is 6.54 Å². The minimum absolute atomic E-state index is 0.0956. The zero-order valence-corrected chi connectivity index (χ0v) is 13.8. The molecule has 0 bridgehead atoms. The van der Waals surface area contributed by atoms with E-state index in [9.17, 15) is 4.79 Å². The van der Waals surface area contributed by atoms with Gasteiger partial charge >= 0.3 is 0 Å². The molecular weight excluding hydrogens is 304 g/mol. The van der Waals surface area contributed by atoms with Gasteiger partial charge in [-0.2, -0.15) is 4.98 Å². The van der Waals surface area contributed by atoms with E-state index in [1.807, 2.05) is 0 Å². The standard InChI is InChI=1S/C18H22N4O2/c1-12(23)19-11-17-20-18(21-24-17)14-10-16(13-6-3-2-4-7-13)22-9-5-8-15(14)22/h2-4,6-7,14-16H,5,8-11H2,1H3,(H,19,23)/t14-,15+,16-/m0/s1. The second kappa shape index (κ2) is 6.36. The van der Waals surface area contributed by atoms with Crippen molar-refractivity contribution < 1.29 is 9.32 Å². The monoisotopic (exact) mass is 326 g/mol. The third-order valence-corrected chi connectivity index (χ3v) is 5.17. The Morgan fingerprint density at radius 2 is 2.21 bits per heavy atom. The molecule has 1 N–H and O–H groups in total. The fourth-order valence-corrected chi connectivity index (χ4v) is 4.14. The first-order valence-electron chi connectivity index (χ1n) is 8.60. The van der Waals surface area contributed by atoms with Crippen LogP contribution in [0.2, 0.25) is 0 Å². The molecule has 2 aliphatic heterocycles. The molecule has 2 aliphatic rings. The van der Waals surface area contributed by atoms with Crippen LogP contribution in [0.3, 0.4) is 0 Å². The topological polar surface area (TPSA) is 71.3 Å². The van der Waals surface area contributed by atoms with E-state index >= 15 is 0 Å². The van der Waals surface area contributed by atoms with Crippen LogP contribution in [-0.2, 0) is 11.3 Å². The van der Waals surface area contributed by atoms with E-state index in [0.29, 0.717) is 30.4 Å². The van der Waals surface area contributed by atoms with Crippen LogP contribution in [0.15, 0.2) is 34.9 Å². The lowest BCUT2D eigenvalue weighted by atomic mass is 9.94. The van der Waals surface area contributed by atoms with Crippen molar-refractivity contribution in [2.24, 2.45) is 0 Å². The van der Waals surface area contributed by atoms with Gasteiger partial charge in [0.15, 0.2) is 5.82 Å². The van der Waals surface area contributed by atoms with Gasteiger partial charge in [-0.3, -0.25) is 9.69 Å². The maximum atomic E-state index is 11.0. The lowest BCUT2D eigenvalue weighted by Gasteiger charge is -2.24. The van der Waals surface area contributed by atoms with E-state index in [0.717, 1.165) is 18.8 Å². The molecule has 4 rings (SSSR count). The van der Waals surface area contributed by atoms with Gasteiger partial charge in [-0.15, -0.1) is 0 Å². The number of hydrogen-bond acceptors (Lipinski definition) is 5. The Bertz CT molecular complexity index is 715. The number of carbonyl (C=O) groups excluding carboxylic acids is 1. The van der Waals surface area contributed by atoms with Crippen molar-refractivity contribution in [2.45, 2.75) is 50.7 Å². The number of amides is 1. The smallest absolute Gasteiger partial charge is 0.246 e. The number of rotatable bonds is 4. The van der Waals surface area contributed by atoms with Crippen LogP contribution in [0, 0.1) is 0 Å². The van der Waals surface area contributed by atoms with Crippen molar-refractivity contribution >= 4 is 5.91 Å². The Morgan fingerprint density at radius 1 is 1.38 bits per heavy atom. The summed E-state index contributed by atoms with van der Waals surface area (Å²) >= 11 is 0. The molecule has 2 fully saturated rings. The van der Waals surface area contributed by atoms with Crippen molar-refractivity contribution in [3.8, 4) is 0 Å². The molecule has 126 valence electrons. The summed E-state index contributed by atoms with van der Waals surface area (Å²) < 4.78 is 5.32. The van der Waals surface area contributed by atoms with E-state index < -0.39 is 0 Å². The van der Waals surface area contributed by atoms with Gasteiger partial charge in [-0.25, -0.2) is 0 Å². The summed E-state index contributed by atoms with van der Waals surface area (Å²) in [5.41, 5.74) is 1.37. The van der Waals surface area contributed by atoms with Gasteiger partial charge in [-0.1, -0.05) is 35.5 Å². The van der Waals surface area contributed by atoms with E-state index in [1.54, 1.807) is 0 Å². The summed E-state index contributed by atoms with van der Waals surface area (Å²) in [5, 5.41) is 6.90. The Labute approximate surface area is 141 Å². The van der Waals surface area contributed by atoms with Gasteiger partial charge in [0.2, 0.25) is 11.8 Å². The molecule has 1 aromatic carbocycles. The number of benzene rings is 1. The quantitative estimate of drug-likeness (QED) is 0.934. The molecular formula is C18H22N4O2. The second-order valence-corrected chi connectivity index (χ2v) is 6.67. The van der Waals surface area contributed by atoms with Crippen LogP contribution < -0.4 is 5.32 Å². The minimum atomic E-state index is -0.0956. The third-order valence-electron chi connectivity index (χ3n) is 5.17. The first-order chi connectivity index (χ1) is 11.7. The Kier molecular flexibility index (Phi) is 4.06. The molecule has 2 saturated heterocycles. The lowest BCUT2D eigenvalue weighted by Crippen LogP contribution is -2.27. The van der Waals surface area contributed by atoms with Gasteiger partial charge < -0.3 is 9.84 Å². The number of aromatic nitrogens is 2. The number of carbonyl (C=O) groups is 1. The van der Waals surface area contributed by atoms with E-state index in [1.165, 1.54) is 25.3 Å². The van der Waals surface area contributed by atoms with Gasteiger partial charge in [0.25, 0.3) is 0 Å². The second-order valence-electron chi connectivity index (χ2n) is 6.67. The van der Waals surface area contributed by atoms with Crippen molar-refractivity contribution in [3.63, 3.8) is 0 Å². The summed E-state index contributed by atoms with van der Waals surface area (Å²) in [6.45, 7) is 2.91. The summed E-state index contributed by atoms with van der Waals surface area (Å²) in [6.07, 6.45) is 3.43. The zero-order chi connectivity index (χ0) is 16.5. The van der Waals surface area contributed by atoms with Gasteiger partial charge in [0.1, 0.15) is 0 Å². The predicted molar refractivity (Wildman–Crippen MR) is 88.1 cm³/mol. The normalized spacial score (nSPS) is 26.5. The van der Waals surface area contributed by atoms with Gasteiger partial charge in [0.05, 0.1) is 6.54 Å². The average Bonchev–Trinajstić information content (AvgIpc) is 3.29. The largest absolute Gasteiger partial charge is 0.347 e. The van der Waals surface area contributed by atoms with Crippen LogP contribution >= 0.6 is 0 Å². The van der Waals surface area contributed by atoms with Gasteiger partial charge in [-0.05, 0) is 31.4 Å². The minimum Gasteiger partial charge on any atom is -0.347 e. The molecule has 0 spiro atoms. The molecule has 0 saturated carbocycles. The van der Waals surface area contributed by atoms with E-state index in [2.05, 4.69) is 50.7 Å². The highest BCUT2D eigenvalue weighted by molar-refractivity contribution is 5.72. The van der Waals surface area contributed by atoms with Crippen LogP contribution in [0.4, 0.5) is 0 Å². The SMILES string of the molecule is CC(=O)NCc1nc([C@H]2C[C@@H](c3ccccc3)N3CCC[C@H]23)no1. The zero-order valence-electron chi connectivity index (χ0n) is 13.8. The molecule has 0 aliphatic carbocycles. The van der Waals surface area contributed by atoms with Crippen molar-refractivity contribution in [1.29, 1.82) is 0 Å². The highest BCUT2D eigenvalue weighted by atomic mass is 16.5. The number of fused-ring (bicyclic) bond motifs is 1. The fourth-order valence-electron chi connectivity index (χ4n) is 4.14. The Hall–Kier alpha value is -2.21. The molecule has 6 nitrogen and oxygen atoms in total. The summed E-state index contributed by atoms with van der Waals surface area (Å²) in [6, 6.07) is 11.6. The number of hydrogen-bond donors (Lipinski definition) is 1. The Morgan fingerprint density at radius 3 is 3.00 bits per heavy atom. The van der Waals surface area contributed by atoms with Crippen LogP contribution in [-0.4, -0.2) is 33.5 Å². The molecule has 3 heterocycles. The first kappa shape index (κ1) is 15.3. The lowest BCUT2D eigenvalue weighted by molar-refractivity contribution is -0.119. The van der Waals surface area contributed by atoms with Crippen molar-refractivity contribution in [1.82, 2.24) is 20.4 Å². The molecule has 0 radical (unpaired) electrons. The third kappa shape index (κ3) is 2.82. The molecule has 24 heavy (non-hydrogen) atoms. The van der Waals surface area contributed by atoms with Crippen LogP contribution in [0.1, 0.15) is 55.4 Å². The van der Waals surface area contributed by atoms with Crippen LogP contribution in [0.5, 0.6) is 0 Å². The first-order valence-corrected chi connectivity index (χ1v) is 8.60. The molecule has 0 unspecified atom stereocenters. The van der Waals surface area contributed by atoms with E-state index in [-0.39, 0.29) is 5.91 Å². The maximum absolute atomic E-state index is 11.0. The predicted octanol–water partition coefficient (Wildman–Crippen LogP) is 2.40. The highest BCUT2D eigenvalue weighted by Crippen LogP contribution is 2.48. The molecule has 3 atom stereocenters. The summed E-state index contributed by atoms with van der Waals surface area (Å²) in [7, 11) is 0. The molecule has 1 aromatic heterocycles. The fraction of sp³-hybridized carbons (Fsp3) is 0.500. The highest BCUT2D eigenvalue weighted by Gasteiger charge is 2.46. The van der Waals surface area contributed by atoms with Crippen LogP contribution in [0.25, 0.3) is 0 Å². The molecule has 6 heteroatoms. The average molecular weight is 326 g/mol. The maximum Gasteiger partial charge on any atom is 0.246 e. The van der Waals surface area contributed by atoms with E-state index in [4.69, 9.17) is 4.52 Å². The summed E-state index contributed by atoms with van der Waals surface area (Å²) in [5.74, 6) is 1.47. The number of nitrogens with one attached hydrogen (secondary N) is 1. The van der Waals surface area contributed by atoms with Gasteiger partial charge in [0, 0.05) is 24.9 Å². The molecule has 2 aromatic rings. The molecule has 1 amide bonds. The Balaban J connectivity index is 1.54. The number of nitrogens with zero attached hydrogens (tertiary/aromatic N) is 3. The summed E-state index contributed by atoms with van der Waals surface area (Å²) in [4.78, 5) is 18.2. The van der Waals surface area contributed by atoms with Crippen molar-refractivity contribution in [3.05, 3.63) is 47.6 Å².